The molecule has 0 radical (unpaired) electrons. The lowest BCUT2D eigenvalue weighted by Crippen LogP contribution is -2.45. The summed E-state index contributed by atoms with van der Waals surface area (Å²) in [6.45, 7) is 4.07. The van der Waals surface area contributed by atoms with E-state index < -0.39 is 12.1 Å². The van der Waals surface area contributed by atoms with Crippen molar-refractivity contribution in [1.82, 2.24) is 5.32 Å². The molecule has 33 heavy (non-hydrogen) atoms. The van der Waals surface area contributed by atoms with Gasteiger partial charge in [-0.15, -0.1) is 0 Å². The first-order chi connectivity index (χ1) is 16.2. The van der Waals surface area contributed by atoms with Gasteiger partial charge < -0.3 is 15.5 Å². The summed E-state index contributed by atoms with van der Waals surface area (Å²) in [5.74, 6) is -0.0920. The van der Waals surface area contributed by atoms with Gasteiger partial charge in [0.25, 0.3) is 0 Å². The van der Waals surface area contributed by atoms with Crippen LogP contribution in [0.15, 0.2) is 48.6 Å². The molecule has 3 N–H and O–H groups in total. The molecule has 0 heterocycles. The maximum absolute atomic E-state index is 12.1. The molecule has 0 aliphatic carbocycles. The molecule has 0 aromatic rings. The number of aliphatic hydroxyl groups is 2. The third kappa shape index (κ3) is 21.9. The lowest BCUT2D eigenvalue weighted by atomic mass is 10.1. The Morgan fingerprint density at radius 1 is 0.758 bits per heavy atom. The van der Waals surface area contributed by atoms with Gasteiger partial charge in [0.15, 0.2) is 0 Å². The molecule has 0 aromatic carbocycles. The van der Waals surface area contributed by atoms with Crippen LogP contribution in [-0.4, -0.2) is 34.9 Å². The van der Waals surface area contributed by atoms with Crippen molar-refractivity contribution in [1.29, 1.82) is 0 Å². The van der Waals surface area contributed by atoms with Gasteiger partial charge in [-0.1, -0.05) is 101 Å². The van der Waals surface area contributed by atoms with Crippen molar-refractivity contribution in [3.63, 3.8) is 0 Å². The molecule has 190 valence electrons. The lowest BCUT2D eigenvalue weighted by Gasteiger charge is -2.20. The van der Waals surface area contributed by atoms with E-state index in [1.54, 1.807) is 6.08 Å². The fourth-order valence-electron chi connectivity index (χ4n) is 3.48. The zero-order chi connectivity index (χ0) is 24.4. The summed E-state index contributed by atoms with van der Waals surface area (Å²) >= 11 is 0. The zero-order valence-corrected chi connectivity index (χ0v) is 21.4. The molecule has 1 amide bonds. The molecule has 2 atom stereocenters. The Bertz CT molecular complexity index is 551. The van der Waals surface area contributed by atoms with Gasteiger partial charge in [-0.25, -0.2) is 0 Å². The standard InChI is InChI=1S/C29H51NO3/c1-3-5-7-9-11-12-13-14-15-16-17-18-19-21-23-25-29(33)30-27(26-31)28(32)24-22-20-10-8-6-4-2/h5,7,11-12,14-15,22,24,27-28,31-32H,3-4,6,8-10,13,16-21,23,25-26H2,1-2H3,(H,30,33)/b7-5-,12-11-,15-14-,24-22+. The highest BCUT2D eigenvalue weighted by atomic mass is 16.3. The van der Waals surface area contributed by atoms with Crippen LogP contribution in [-0.2, 0) is 4.79 Å². The summed E-state index contributed by atoms with van der Waals surface area (Å²) in [4.78, 5) is 12.1. The number of aliphatic hydroxyl groups excluding tert-OH is 2. The van der Waals surface area contributed by atoms with E-state index in [4.69, 9.17) is 0 Å². The Morgan fingerprint density at radius 3 is 2.00 bits per heavy atom. The molecule has 0 aliphatic rings. The van der Waals surface area contributed by atoms with Crippen molar-refractivity contribution in [2.75, 3.05) is 6.61 Å². The number of rotatable bonds is 22. The number of hydrogen-bond acceptors (Lipinski definition) is 3. The van der Waals surface area contributed by atoms with Gasteiger partial charge in [0.1, 0.15) is 0 Å². The van der Waals surface area contributed by atoms with Crippen LogP contribution in [0, 0.1) is 0 Å². The van der Waals surface area contributed by atoms with Crippen molar-refractivity contribution >= 4 is 5.91 Å². The maximum Gasteiger partial charge on any atom is 0.220 e. The number of carbonyl (C=O) groups excluding carboxylic acids is 1. The monoisotopic (exact) mass is 461 g/mol. The number of nitrogens with one attached hydrogen (secondary N) is 1. The van der Waals surface area contributed by atoms with Gasteiger partial charge >= 0.3 is 0 Å². The van der Waals surface area contributed by atoms with E-state index in [1.165, 1.54) is 32.1 Å². The van der Waals surface area contributed by atoms with E-state index in [2.05, 4.69) is 55.6 Å². The lowest BCUT2D eigenvalue weighted by molar-refractivity contribution is -0.123. The Kier molecular flexibility index (Phi) is 23.7. The Balaban J connectivity index is 3.73. The van der Waals surface area contributed by atoms with E-state index in [-0.39, 0.29) is 12.5 Å². The second-order valence-electron chi connectivity index (χ2n) is 8.72. The smallest absolute Gasteiger partial charge is 0.220 e. The fourth-order valence-corrected chi connectivity index (χ4v) is 3.48. The summed E-state index contributed by atoms with van der Waals surface area (Å²) in [5, 5.41) is 22.5. The SMILES string of the molecule is CC/C=C\C/C=C\C/C=C\CCCCCCCC(=O)NC(CO)C(O)/C=C/CCCCCC. The minimum absolute atomic E-state index is 0.0920. The van der Waals surface area contributed by atoms with Crippen LogP contribution in [0.25, 0.3) is 0 Å². The number of amides is 1. The highest BCUT2D eigenvalue weighted by Crippen LogP contribution is 2.09. The molecule has 0 bridgehead atoms. The molecule has 0 saturated carbocycles. The summed E-state index contributed by atoms with van der Waals surface area (Å²) in [6, 6.07) is -0.626. The minimum Gasteiger partial charge on any atom is -0.394 e. The van der Waals surface area contributed by atoms with Gasteiger partial charge in [0.05, 0.1) is 18.8 Å². The summed E-state index contributed by atoms with van der Waals surface area (Å²) in [6.07, 6.45) is 31.9. The molecule has 4 nitrogen and oxygen atoms in total. The average molecular weight is 462 g/mol. The van der Waals surface area contributed by atoms with Gasteiger partial charge in [0, 0.05) is 6.42 Å². The maximum atomic E-state index is 12.1. The molecule has 0 rings (SSSR count). The molecular weight excluding hydrogens is 410 g/mol. The van der Waals surface area contributed by atoms with Crippen molar-refractivity contribution in [2.24, 2.45) is 0 Å². The van der Waals surface area contributed by atoms with Gasteiger partial charge in [-0.3, -0.25) is 4.79 Å². The first-order valence-electron chi connectivity index (χ1n) is 13.4. The molecule has 4 heteroatoms. The zero-order valence-electron chi connectivity index (χ0n) is 21.4. The van der Waals surface area contributed by atoms with Crippen molar-refractivity contribution in [3.05, 3.63) is 48.6 Å². The Morgan fingerprint density at radius 2 is 1.33 bits per heavy atom. The third-order valence-electron chi connectivity index (χ3n) is 5.57. The highest BCUT2D eigenvalue weighted by Gasteiger charge is 2.17. The summed E-state index contributed by atoms with van der Waals surface area (Å²) < 4.78 is 0. The van der Waals surface area contributed by atoms with Crippen LogP contribution >= 0.6 is 0 Å². The van der Waals surface area contributed by atoms with Gasteiger partial charge in [-0.05, 0) is 51.4 Å². The van der Waals surface area contributed by atoms with Crippen LogP contribution in [0.3, 0.4) is 0 Å². The Labute approximate surface area is 203 Å². The molecule has 0 aromatic heterocycles. The van der Waals surface area contributed by atoms with Gasteiger partial charge in [0.2, 0.25) is 5.91 Å². The van der Waals surface area contributed by atoms with Crippen LogP contribution in [0.5, 0.6) is 0 Å². The molecular formula is C29H51NO3. The molecule has 0 saturated heterocycles. The summed E-state index contributed by atoms with van der Waals surface area (Å²) in [7, 11) is 0. The third-order valence-corrected chi connectivity index (χ3v) is 5.57. The second kappa shape index (κ2) is 25.0. The number of carbonyl (C=O) groups is 1. The van der Waals surface area contributed by atoms with E-state index in [1.807, 2.05) is 6.08 Å². The molecule has 0 fully saturated rings. The highest BCUT2D eigenvalue weighted by molar-refractivity contribution is 5.76. The molecule has 2 unspecified atom stereocenters. The predicted molar refractivity (Wildman–Crippen MR) is 142 cm³/mol. The molecule has 0 aliphatic heterocycles. The quantitative estimate of drug-likeness (QED) is 0.121. The van der Waals surface area contributed by atoms with Crippen molar-refractivity contribution in [3.8, 4) is 0 Å². The largest absolute Gasteiger partial charge is 0.394 e. The van der Waals surface area contributed by atoms with Crippen molar-refractivity contribution in [2.45, 2.75) is 122 Å². The van der Waals surface area contributed by atoms with Gasteiger partial charge in [-0.2, -0.15) is 0 Å². The van der Waals surface area contributed by atoms with Crippen molar-refractivity contribution < 1.29 is 15.0 Å². The van der Waals surface area contributed by atoms with Crippen LogP contribution in [0.2, 0.25) is 0 Å². The van der Waals surface area contributed by atoms with E-state index in [9.17, 15) is 15.0 Å². The number of unbranched alkanes of at least 4 members (excludes halogenated alkanes) is 9. The normalized spacial score (nSPS) is 14.2. The topological polar surface area (TPSA) is 69.6 Å². The van der Waals surface area contributed by atoms with Crippen LogP contribution < -0.4 is 5.32 Å². The number of hydrogen-bond donors (Lipinski definition) is 3. The predicted octanol–water partition coefficient (Wildman–Crippen LogP) is 6.94. The fraction of sp³-hybridized carbons (Fsp3) is 0.690. The first-order valence-corrected chi connectivity index (χ1v) is 13.4. The Hall–Kier alpha value is -1.65. The number of allylic oxidation sites excluding steroid dienone is 7. The summed E-state index contributed by atoms with van der Waals surface area (Å²) in [5.41, 5.74) is 0. The molecule has 0 spiro atoms. The second-order valence-corrected chi connectivity index (χ2v) is 8.72. The van der Waals surface area contributed by atoms with Crippen LogP contribution in [0.1, 0.15) is 110 Å². The van der Waals surface area contributed by atoms with E-state index in [0.717, 1.165) is 57.8 Å². The first kappa shape index (κ1) is 31.4. The van der Waals surface area contributed by atoms with E-state index >= 15 is 0 Å². The minimum atomic E-state index is -0.841. The van der Waals surface area contributed by atoms with E-state index in [0.29, 0.717) is 6.42 Å². The van der Waals surface area contributed by atoms with Crippen LogP contribution in [0.4, 0.5) is 0 Å². The average Bonchev–Trinajstić information content (AvgIpc) is 2.82.